The fourth-order valence-corrected chi connectivity index (χ4v) is 1.17. The number of ether oxygens (including phenoxy) is 1. The quantitative estimate of drug-likeness (QED) is 0.761. The summed E-state index contributed by atoms with van der Waals surface area (Å²) in [5.41, 5.74) is 0. The third-order valence-electron chi connectivity index (χ3n) is 1.78. The molecule has 1 unspecified atom stereocenters. The molecule has 1 aromatic rings. The number of alkyl halides is 1. The molecule has 1 atom stereocenters. The topological polar surface area (TPSA) is 34.1 Å². The van der Waals surface area contributed by atoms with E-state index < -0.39 is 0 Å². The molecular weight excluding hydrogens is 212 g/mol. The standard InChI is InChI=1S/C11H17ClN2O/c1-3-7-15-10-5-4-6-13-11(10)14-8-9(2)12/h4-6,9H,3,7-8H2,1-2H3,(H,13,14). The molecule has 0 aromatic carbocycles. The van der Waals surface area contributed by atoms with Gasteiger partial charge in [-0.25, -0.2) is 4.98 Å². The fourth-order valence-electron chi connectivity index (χ4n) is 1.09. The summed E-state index contributed by atoms with van der Waals surface area (Å²) in [7, 11) is 0. The van der Waals surface area contributed by atoms with Crippen molar-refractivity contribution >= 4 is 17.4 Å². The second kappa shape index (κ2) is 6.51. The highest BCUT2D eigenvalue weighted by Crippen LogP contribution is 2.20. The molecule has 0 fully saturated rings. The first-order valence-electron chi connectivity index (χ1n) is 5.19. The molecule has 0 saturated carbocycles. The van der Waals surface area contributed by atoms with Crippen molar-refractivity contribution in [3.8, 4) is 5.75 Å². The highest BCUT2D eigenvalue weighted by Gasteiger charge is 2.04. The molecule has 0 aliphatic heterocycles. The molecule has 0 amide bonds. The van der Waals surface area contributed by atoms with E-state index in [0.717, 1.165) is 18.0 Å². The second-order valence-electron chi connectivity index (χ2n) is 3.36. The van der Waals surface area contributed by atoms with Gasteiger partial charge in [0.05, 0.1) is 6.61 Å². The molecule has 0 aliphatic rings. The SMILES string of the molecule is CCCOc1cccnc1NCC(C)Cl. The monoisotopic (exact) mass is 228 g/mol. The Balaban J connectivity index is 2.59. The lowest BCUT2D eigenvalue weighted by atomic mass is 10.4. The summed E-state index contributed by atoms with van der Waals surface area (Å²) in [6.07, 6.45) is 2.72. The number of nitrogens with zero attached hydrogens (tertiary/aromatic N) is 1. The van der Waals surface area contributed by atoms with E-state index in [1.54, 1.807) is 6.20 Å². The highest BCUT2D eigenvalue weighted by molar-refractivity contribution is 6.20. The average Bonchev–Trinajstić information content (AvgIpc) is 2.24. The van der Waals surface area contributed by atoms with Crippen LogP contribution in [-0.4, -0.2) is 23.5 Å². The summed E-state index contributed by atoms with van der Waals surface area (Å²) in [5.74, 6) is 1.55. The Kier molecular flexibility index (Phi) is 5.26. The van der Waals surface area contributed by atoms with Crippen molar-refractivity contribution in [2.24, 2.45) is 0 Å². The average molecular weight is 229 g/mol. The molecule has 1 N–H and O–H groups in total. The van der Waals surface area contributed by atoms with Gasteiger partial charge in [0.15, 0.2) is 11.6 Å². The normalized spacial score (nSPS) is 12.2. The zero-order chi connectivity index (χ0) is 11.1. The van der Waals surface area contributed by atoms with Crippen LogP contribution in [0.1, 0.15) is 20.3 Å². The van der Waals surface area contributed by atoms with Crippen molar-refractivity contribution in [1.29, 1.82) is 0 Å². The predicted octanol–water partition coefficient (Wildman–Crippen LogP) is 2.91. The van der Waals surface area contributed by atoms with Crippen LogP contribution in [0.3, 0.4) is 0 Å². The number of aromatic nitrogens is 1. The summed E-state index contributed by atoms with van der Waals surface area (Å²) in [6, 6.07) is 3.77. The van der Waals surface area contributed by atoms with E-state index in [2.05, 4.69) is 17.2 Å². The Morgan fingerprint density at radius 1 is 1.60 bits per heavy atom. The minimum Gasteiger partial charge on any atom is -0.490 e. The Bertz CT molecular complexity index is 292. The first-order chi connectivity index (χ1) is 7.24. The minimum absolute atomic E-state index is 0.0750. The second-order valence-corrected chi connectivity index (χ2v) is 4.11. The Labute approximate surface area is 95.8 Å². The lowest BCUT2D eigenvalue weighted by Gasteiger charge is -2.12. The van der Waals surface area contributed by atoms with Gasteiger partial charge in [-0.1, -0.05) is 6.92 Å². The number of pyridine rings is 1. The molecule has 1 heterocycles. The molecule has 15 heavy (non-hydrogen) atoms. The Morgan fingerprint density at radius 2 is 2.40 bits per heavy atom. The minimum atomic E-state index is 0.0750. The number of hydrogen-bond acceptors (Lipinski definition) is 3. The lowest BCUT2D eigenvalue weighted by Crippen LogP contribution is -2.12. The maximum absolute atomic E-state index is 5.85. The number of rotatable bonds is 6. The van der Waals surface area contributed by atoms with E-state index >= 15 is 0 Å². The van der Waals surface area contributed by atoms with Crippen molar-refractivity contribution in [2.45, 2.75) is 25.6 Å². The zero-order valence-corrected chi connectivity index (χ0v) is 9.92. The number of anilines is 1. The number of hydrogen-bond donors (Lipinski definition) is 1. The molecule has 0 aliphatic carbocycles. The van der Waals surface area contributed by atoms with Crippen molar-refractivity contribution < 1.29 is 4.74 Å². The van der Waals surface area contributed by atoms with Crippen LogP contribution in [0, 0.1) is 0 Å². The smallest absolute Gasteiger partial charge is 0.168 e. The van der Waals surface area contributed by atoms with Gasteiger partial charge in [0.2, 0.25) is 0 Å². The van der Waals surface area contributed by atoms with Crippen molar-refractivity contribution in [3.05, 3.63) is 18.3 Å². The fraction of sp³-hybridized carbons (Fsp3) is 0.545. The highest BCUT2D eigenvalue weighted by atomic mass is 35.5. The molecule has 0 radical (unpaired) electrons. The van der Waals surface area contributed by atoms with E-state index in [1.807, 2.05) is 19.1 Å². The van der Waals surface area contributed by atoms with Crippen LogP contribution < -0.4 is 10.1 Å². The zero-order valence-electron chi connectivity index (χ0n) is 9.16. The van der Waals surface area contributed by atoms with Crippen LogP contribution in [0.2, 0.25) is 0 Å². The van der Waals surface area contributed by atoms with Gasteiger partial charge < -0.3 is 10.1 Å². The number of nitrogens with one attached hydrogen (secondary N) is 1. The van der Waals surface area contributed by atoms with Crippen molar-refractivity contribution in [3.63, 3.8) is 0 Å². The maximum Gasteiger partial charge on any atom is 0.168 e. The van der Waals surface area contributed by atoms with E-state index in [1.165, 1.54) is 0 Å². The molecule has 1 rings (SSSR count). The molecular formula is C11H17ClN2O. The van der Waals surface area contributed by atoms with E-state index in [4.69, 9.17) is 16.3 Å². The predicted molar refractivity (Wildman–Crippen MR) is 63.8 cm³/mol. The first kappa shape index (κ1) is 12.1. The van der Waals surface area contributed by atoms with Gasteiger partial charge >= 0.3 is 0 Å². The van der Waals surface area contributed by atoms with Crippen molar-refractivity contribution in [2.75, 3.05) is 18.5 Å². The molecule has 0 bridgehead atoms. The van der Waals surface area contributed by atoms with Gasteiger partial charge in [-0.3, -0.25) is 0 Å². The summed E-state index contributed by atoms with van der Waals surface area (Å²) >= 11 is 5.85. The maximum atomic E-state index is 5.85. The van der Waals surface area contributed by atoms with Gasteiger partial charge in [0.25, 0.3) is 0 Å². The molecule has 4 heteroatoms. The Hall–Kier alpha value is -0.960. The molecule has 84 valence electrons. The summed E-state index contributed by atoms with van der Waals surface area (Å²) in [4.78, 5) is 4.21. The van der Waals surface area contributed by atoms with Gasteiger partial charge in [-0.05, 0) is 25.5 Å². The van der Waals surface area contributed by atoms with Crippen LogP contribution in [0.15, 0.2) is 18.3 Å². The van der Waals surface area contributed by atoms with Crippen LogP contribution in [0.25, 0.3) is 0 Å². The van der Waals surface area contributed by atoms with Crippen molar-refractivity contribution in [1.82, 2.24) is 4.98 Å². The van der Waals surface area contributed by atoms with Gasteiger partial charge in [-0.2, -0.15) is 0 Å². The van der Waals surface area contributed by atoms with E-state index in [0.29, 0.717) is 13.2 Å². The summed E-state index contributed by atoms with van der Waals surface area (Å²) in [6.45, 7) is 5.40. The van der Waals surface area contributed by atoms with Crippen LogP contribution in [0.5, 0.6) is 5.75 Å². The Morgan fingerprint density at radius 3 is 3.07 bits per heavy atom. The van der Waals surface area contributed by atoms with Gasteiger partial charge in [0, 0.05) is 18.1 Å². The van der Waals surface area contributed by atoms with Crippen LogP contribution >= 0.6 is 11.6 Å². The van der Waals surface area contributed by atoms with Gasteiger partial charge in [-0.15, -0.1) is 11.6 Å². The summed E-state index contributed by atoms with van der Waals surface area (Å²) in [5, 5.41) is 3.23. The molecule has 0 saturated heterocycles. The summed E-state index contributed by atoms with van der Waals surface area (Å²) < 4.78 is 5.55. The molecule has 3 nitrogen and oxygen atoms in total. The molecule has 1 aromatic heterocycles. The lowest BCUT2D eigenvalue weighted by molar-refractivity contribution is 0.318. The number of halogens is 1. The third kappa shape index (κ3) is 4.38. The van der Waals surface area contributed by atoms with E-state index in [9.17, 15) is 0 Å². The molecule has 0 spiro atoms. The van der Waals surface area contributed by atoms with Gasteiger partial charge in [0.1, 0.15) is 0 Å². The largest absolute Gasteiger partial charge is 0.490 e. The van der Waals surface area contributed by atoms with E-state index in [-0.39, 0.29) is 5.38 Å². The van der Waals surface area contributed by atoms with Crippen LogP contribution in [-0.2, 0) is 0 Å². The van der Waals surface area contributed by atoms with Crippen LogP contribution in [0.4, 0.5) is 5.82 Å². The first-order valence-corrected chi connectivity index (χ1v) is 5.63. The third-order valence-corrected chi connectivity index (χ3v) is 1.94.